The van der Waals surface area contributed by atoms with Gasteiger partial charge in [-0.3, -0.25) is 4.90 Å². The Bertz CT molecular complexity index is 794. The minimum Gasteiger partial charge on any atom is -0.461 e. The highest BCUT2D eigenvalue weighted by Crippen LogP contribution is 2.36. The molecule has 0 amide bonds. The third-order valence-corrected chi connectivity index (χ3v) is 4.42. The molecule has 0 saturated carbocycles. The van der Waals surface area contributed by atoms with Crippen molar-refractivity contribution in [2.75, 3.05) is 6.54 Å². The lowest BCUT2D eigenvalue weighted by molar-refractivity contribution is 0.0777. The van der Waals surface area contributed by atoms with Crippen molar-refractivity contribution < 1.29 is 13.5 Å². The molecule has 4 heterocycles. The Labute approximate surface area is 138 Å². The van der Waals surface area contributed by atoms with Crippen LogP contribution in [0.4, 0.5) is 0 Å². The summed E-state index contributed by atoms with van der Waals surface area (Å²) in [6.45, 7) is 4.79. The predicted octanol–water partition coefficient (Wildman–Crippen LogP) is 3.31. The number of aromatic nitrogens is 4. The summed E-state index contributed by atoms with van der Waals surface area (Å²) in [6, 6.07) is 3.68. The fraction of sp³-hybridized carbons (Fsp3) is 0.500. The topological polar surface area (TPSA) is 94.2 Å². The standard InChI is InChI=1S/C16H19N5O3/c1-10(16-18-15(20-24-16)13-7-5-9-22-13)21-8-4-3-6-12(21)14-17-11(2)23-19-14/h5,7,9-10,12H,3-4,6,8H2,1-2H3. The smallest absolute Gasteiger partial charge is 0.244 e. The summed E-state index contributed by atoms with van der Waals surface area (Å²) in [6.07, 6.45) is 4.84. The molecule has 3 aromatic rings. The van der Waals surface area contributed by atoms with Gasteiger partial charge in [-0.25, -0.2) is 0 Å². The van der Waals surface area contributed by atoms with E-state index in [1.165, 1.54) is 0 Å². The van der Waals surface area contributed by atoms with E-state index in [1.807, 2.05) is 6.07 Å². The number of aryl methyl sites for hydroxylation is 1. The predicted molar refractivity (Wildman–Crippen MR) is 82.7 cm³/mol. The van der Waals surface area contributed by atoms with E-state index >= 15 is 0 Å². The van der Waals surface area contributed by atoms with Crippen LogP contribution in [-0.2, 0) is 0 Å². The second-order valence-corrected chi connectivity index (χ2v) is 6.03. The van der Waals surface area contributed by atoms with E-state index in [4.69, 9.17) is 13.5 Å². The first kappa shape index (κ1) is 15.1. The van der Waals surface area contributed by atoms with Crippen LogP contribution in [0.5, 0.6) is 0 Å². The first-order valence-electron chi connectivity index (χ1n) is 8.16. The Hall–Kier alpha value is -2.48. The first-order chi connectivity index (χ1) is 11.7. The molecule has 0 aliphatic carbocycles. The molecular weight excluding hydrogens is 310 g/mol. The van der Waals surface area contributed by atoms with Gasteiger partial charge in [0.25, 0.3) is 0 Å². The molecule has 24 heavy (non-hydrogen) atoms. The molecule has 2 unspecified atom stereocenters. The van der Waals surface area contributed by atoms with E-state index in [1.54, 1.807) is 19.3 Å². The van der Waals surface area contributed by atoms with Crippen LogP contribution in [0.2, 0.25) is 0 Å². The van der Waals surface area contributed by atoms with Gasteiger partial charge in [-0.2, -0.15) is 9.97 Å². The third-order valence-electron chi connectivity index (χ3n) is 4.42. The van der Waals surface area contributed by atoms with E-state index < -0.39 is 0 Å². The van der Waals surface area contributed by atoms with Gasteiger partial charge >= 0.3 is 0 Å². The lowest BCUT2D eigenvalue weighted by Crippen LogP contribution is -2.36. The fourth-order valence-electron chi connectivity index (χ4n) is 3.20. The van der Waals surface area contributed by atoms with Crippen molar-refractivity contribution in [1.29, 1.82) is 0 Å². The normalized spacial score (nSPS) is 20.3. The number of hydrogen-bond acceptors (Lipinski definition) is 8. The molecule has 8 heteroatoms. The average molecular weight is 329 g/mol. The van der Waals surface area contributed by atoms with Crippen molar-refractivity contribution in [1.82, 2.24) is 25.2 Å². The van der Waals surface area contributed by atoms with E-state index in [-0.39, 0.29) is 12.1 Å². The van der Waals surface area contributed by atoms with Gasteiger partial charge in [0, 0.05) is 6.92 Å². The zero-order chi connectivity index (χ0) is 16.5. The van der Waals surface area contributed by atoms with Gasteiger partial charge in [-0.1, -0.05) is 16.7 Å². The zero-order valence-electron chi connectivity index (χ0n) is 13.7. The fourth-order valence-corrected chi connectivity index (χ4v) is 3.20. The third kappa shape index (κ3) is 2.73. The van der Waals surface area contributed by atoms with E-state index in [0.717, 1.165) is 31.6 Å². The quantitative estimate of drug-likeness (QED) is 0.719. The summed E-state index contributed by atoms with van der Waals surface area (Å²) >= 11 is 0. The molecule has 1 aliphatic rings. The van der Waals surface area contributed by atoms with Gasteiger partial charge in [0.1, 0.15) is 0 Å². The number of piperidine rings is 1. The van der Waals surface area contributed by atoms with Crippen LogP contribution in [0.3, 0.4) is 0 Å². The second kappa shape index (κ2) is 6.20. The summed E-state index contributed by atoms with van der Waals surface area (Å²) in [7, 11) is 0. The van der Waals surface area contributed by atoms with Crippen LogP contribution in [0.15, 0.2) is 31.9 Å². The molecule has 4 rings (SSSR count). The Balaban J connectivity index is 1.58. The molecule has 2 atom stereocenters. The van der Waals surface area contributed by atoms with Crippen molar-refractivity contribution >= 4 is 0 Å². The van der Waals surface area contributed by atoms with E-state index in [0.29, 0.717) is 23.4 Å². The lowest BCUT2D eigenvalue weighted by atomic mass is 9.99. The highest BCUT2D eigenvalue weighted by atomic mass is 16.5. The molecule has 0 N–H and O–H groups in total. The van der Waals surface area contributed by atoms with Gasteiger partial charge < -0.3 is 13.5 Å². The van der Waals surface area contributed by atoms with Gasteiger partial charge in [0.2, 0.25) is 17.6 Å². The van der Waals surface area contributed by atoms with Crippen molar-refractivity contribution in [3.63, 3.8) is 0 Å². The van der Waals surface area contributed by atoms with Crippen LogP contribution >= 0.6 is 0 Å². The Morgan fingerprint density at radius 3 is 2.88 bits per heavy atom. The van der Waals surface area contributed by atoms with Crippen molar-refractivity contribution in [3.8, 4) is 11.6 Å². The van der Waals surface area contributed by atoms with Crippen LogP contribution < -0.4 is 0 Å². The summed E-state index contributed by atoms with van der Waals surface area (Å²) < 4.78 is 15.9. The summed E-state index contributed by atoms with van der Waals surface area (Å²) in [5.74, 6) is 2.94. The maximum Gasteiger partial charge on any atom is 0.244 e. The molecule has 0 radical (unpaired) electrons. The largest absolute Gasteiger partial charge is 0.461 e. The molecule has 1 fully saturated rings. The van der Waals surface area contributed by atoms with Crippen molar-refractivity contribution in [3.05, 3.63) is 36.0 Å². The highest BCUT2D eigenvalue weighted by Gasteiger charge is 2.34. The number of hydrogen-bond donors (Lipinski definition) is 0. The molecule has 0 spiro atoms. The van der Waals surface area contributed by atoms with Crippen molar-refractivity contribution in [2.24, 2.45) is 0 Å². The second-order valence-electron chi connectivity index (χ2n) is 6.03. The highest BCUT2D eigenvalue weighted by molar-refractivity contribution is 5.44. The van der Waals surface area contributed by atoms with Gasteiger partial charge in [-0.05, 0) is 38.4 Å². The van der Waals surface area contributed by atoms with Crippen LogP contribution in [0.25, 0.3) is 11.6 Å². The molecule has 0 bridgehead atoms. The summed E-state index contributed by atoms with van der Waals surface area (Å²) in [5, 5.41) is 8.12. The molecule has 3 aromatic heterocycles. The lowest BCUT2D eigenvalue weighted by Gasteiger charge is -2.36. The maximum atomic E-state index is 5.47. The number of rotatable bonds is 4. The molecule has 1 saturated heterocycles. The van der Waals surface area contributed by atoms with Gasteiger partial charge in [-0.15, -0.1) is 0 Å². The SMILES string of the molecule is Cc1nc(C2CCCCN2C(C)c2nc(-c3ccco3)no2)no1. The number of furan rings is 1. The Morgan fingerprint density at radius 2 is 2.12 bits per heavy atom. The maximum absolute atomic E-state index is 5.47. The molecular formula is C16H19N5O3. The Kier molecular flexibility index (Phi) is 3.89. The summed E-state index contributed by atoms with van der Waals surface area (Å²) in [5.41, 5.74) is 0. The van der Waals surface area contributed by atoms with Crippen LogP contribution in [0.1, 0.15) is 55.9 Å². The average Bonchev–Trinajstić information content (AvgIpc) is 3.34. The first-order valence-corrected chi connectivity index (χ1v) is 8.16. The van der Waals surface area contributed by atoms with Gasteiger partial charge in [0.15, 0.2) is 11.6 Å². The molecule has 1 aliphatic heterocycles. The zero-order valence-corrected chi connectivity index (χ0v) is 13.7. The molecule has 126 valence electrons. The van der Waals surface area contributed by atoms with E-state index in [2.05, 4.69) is 32.1 Å². The van der Waals surface area contributed by atoms with Crippen LogP contribution in [0, 0.1) is 6.92 Å². The minimum absolute atomic E-state index is 0.0367. The molecule has 0 aromatic carbocycles. The van der Waals surface area contributed by atoms with Crippen molar-refractivity contribution in [2.45, 2.75) is 45.2 Å². The van der Waals surface area contributed by atoms with Crippen LogP contribution in [-0.4, -0.2) is 31.7 Å². The number of nitrogens with zero attached hydrogens (tertiary/aromatic N) is 5. The number of likely N-dealkylation sites (tertiary alicyclic amines) is 1. The van der Waals surface area contributed by atoms with Gasteiger partial charge in [0.05, 0.1) is 18.3 Å². The van der Waals surface area contributed by atoms with E-state index in [9.17, 15) is 0 Å². The molecule has 8 nitrogen and oxygen atoms in total. The minimum atomic E-state index is -0.0367. The summed E-state index contributed by atoms with van der Waals surface area (Å²) in [4.78, 5) is 11.2. The Morgan fingerprint density at radius 1 is 1.21 bits per heavy atom. The monoisotopic (exact) mass is 329 g/mol.